The minimum atomic E-state index is -0.0427. The van der Waals surface area contributed by atoms with E-state index >= 15 is 0 Å². The zero-order valence-electron chi connectivity index (χ0n) is 14.3. The number of nitrogen functional groups attached to an aromatic ring is 1. The van der Waals surface area contributed by atoms with Gasteiger partial charge in [0.1, 0.15) is 17.8 Å². The van der Waals surface area contributed by atoms with Crippen LogP contribution in [-0.2, 0) is 6.42 Å². The molecule has 0 aliphatic rings. The predicted molar refractivity (Wildman–Crippen MR) is 96.2 cm³/mol. The Hall–Kier alpha value is -2.69. The van der Waals surface area contributed by atoms with Gasteiger partial charge in [-0.2, -0.15) is 0 Å². The number of fused-ring (bicyclic) bond motifs is 1. The molecule has 0 saturated heterocycles. The number of aromatic nitrogens is 3. The number of hydrogen-bond donors (Lipinski definition) is 1. The van der Waals surface area contributed by atoms with Crippen molar-refractivity contribution in [3.8, 4) is 0 Å². The summed E-state index contributed by atoms with van der Waals surface area (Å²) in [6, 6.07) is 7.97. The molecule has 3 aromatic rings. The summed E-state index contributed by atoms with van der Waals surface area (Å²) in [7, 11) is 0. The second kappa shape index (κ2) is 6.43. The lowest BCUT2D eigenvalue weighted by molar-refractivity contribution is 0.104. The van der Waals surface area contributed by atoms with E-state index in [1.807, 2.05) is 42.8 Å². The van der Waals surface area contributed by atoms with Crippen LogP contribution in [0, 0.1) is 0 Å². The van der Waals surface area contributed by atoms with E-state index in [1.54, 1.807) is 0 Å². The Balaban J connectivity index is 2.15. The maximum atomic E-state index is 13.1. The van der Waals surface area contributed by atoms with Gasteiger partial charge in [0.25, 0.3) is 0 Å². The average Bonchev–Trinajstić information content (AvgIpc) is 2.96. The summed E-state index contributed by atoms with van der Waals surface area (Å²) in [5.74, 6) is 0.298. The summed E-state index contributed by atoms with van der Waals surface area (Å²) < 4.78 is 1.97. The summed E-state index contributed by atoms with van der Waals surface area (Å²) in [4.78, 5) is 21.5. The van der Waals surface area contributed by atoms with Crippen LogP contribution in [0.5, 0.6) is 0 Å². The summed E-state index contributed by atoms with van der Waals surface area (Å²) in [6.45, 7) is 6.23. The molecule has 0 radical (unpaired) electrons. The van der Waals surface area contributed by atoms with Gasteiger partial charge < -0.3 is 10.3 Å². The Morgan fingerprint density at radius 3 is 2.79 bits per heavy atom. The first kappa shape index (κ1) is 16.2. The van der Waals surface area contributed by atoms with Crippen molar-refractivity contribution in [3.05, 3.63) is 53.5 Å². The number of hydrogen-bond acceptors (Lipinski definition) is 4. The smallest absolute Gasteiger partial charge is 0.195 e. The molecule has 0 unspecified atom stereocenters. The zero-order valence-corrected chi connectivity index (χ0v) is 14.3. The molecule has 5 nitrogen and oxygen atoms in total. The average molecular weight is 322 g/mol. The van der Waals surface area contributed by atoms with E-state index in [0.29, 0.717) is 28.0 Å². The molecule has 0 aliphatic carbocycles. The molecular weight excluding hydrogens is 300 g/mol. The number of benzene rings is 1. The van der Waals surface area contributed by atoms with E-state index in [2.05, 4.69) is 23.0 Å². The Morgan fingerprint density at radius 2 is 2.08 bits per heavy atom. The van der Waals surface area contributed by atoms with E-state index in [-0.39, 0.29) is 11.8 Å². The fourth-order valence-corrected chi connectivity index (χ4v) is 2.99. The predicted octanol–water partition coefficient (Wildman–Crippen LogP) is 3.78. The second-order valence-electron chi connectivity index (χ2n) is 6.28. The molecule has 5 heteroatoms. The number of aryl methyl sites for hydroxylation is 1. The number of carbonyl (C=O) groups is 1. The first-order chi connectivity index (χ1) is 11.5. The normalized spacial score (nSPS) is 11.3. The molecular formula is C19H22N4O. The number of nitrogens with two attached hydrogens (primary N) is 1. The van der Waals surface area contributed by atoms with Gasteiger partial charge in [0.2, 0.25) is 0 Å². The van der Waals surface area contributed by atoms with Gasteiger partial charge in [0.15, 0.2) is 5.78 Å². The van der Waals surface area contributed by atoms with E-state index in [1.165, 1.54) is 11.9 Å². The molecule has 24 heavy (non-hydrogen) atoms. The fraction of sp³-hybridized carbons (Fsp3) is 0.316. The molecule has 0 atom stereocenters. The van der Waals surface area contributed by atoms with Gasteiger partial charge in [-0.05, 0) is 31.9 Å². The van der Waals surface area contributed by atoms with Crippen LogP contribution in [0.3, 0.4) is 0 Å². The summed E-state index contributed by atoms with van der Waals surface area (Å²) in [5, 5.41) is 0.636. The highest BCUT2D eigenvalue weighted by molar-refractivity contribution is 6.18. The van der Waals surface area contributed by atoms with Crippen LogP contribution < -0.4 is 5.73 Å². The highest BCUT2D eigenvalue weighted by atomic mass is 16.1. The van der Waals surface area contributed by atoms with Crippen molar-refractivity contribution in [3.63, 3.8) is 0 Å². The topological polar surface area (TPSA) is 73.8 Å². The molecule has 2 aromatic heterocycles. The van der Waals surface area contributed by atoms with Crippen LogP contribution in [0.15, 0.2) is 36.8 Å². The van der Waals surface area contributed by atoms with Gasteiger partial charge in [-0.1, -0.05) is 31.5 Å². The van der Waals surface area contributed by atoms with E-state index in [4.69, 9.17) is 5.73 Å². The lowest BCUT2D eigenvalue weighted by atomic mass is 10.00. The SMILES string of the molecule is CCCc1cccc(C(=O)c2cn(C(C)C)c3ncnc(N)c23)c1. The van der Waals surface area contributed by atoms with Crippen molar-refractivity contribution in [2.24, 2.45) is 0 Å². The summed E-state index contributed by atoms with van der Waals surface area (Å²) in [5.41, 5.74) is 9.15. The Bertz CT molecular complexity index is 896. The van der Waals surface area contributed by atoms with E-state index in [0.717, 1.165) is 12.8 Å². The molecule has 0 fully saturated rings. The van der Waals surface area contributed by atoms with Gasteiger partial charge in [-0.3, -0.25) is 4.79 Å². The molecule has 0 bridgehead atoms. The number of carbonyl (C=O) groups excluding carboxylic acids is 1. The standard InChI is InChI=1S/C19H22N4O/c1-4-6-13-7-5-8-14(9-13)17(24)15-10-23(12(2)3)19-16(15)18(20)21-11-22-19/h5,7-12H,4,6H2,1-3H3,(H2,20,21,22). The number of nitrogens with zero attached hydrogens (tertiary/aromatic N) is 3. The number of anilines is 1. The van der Waals surface area contributed by atoms with Gasteiger partial charge >= 0.3 is 0 Å². The molecule has 0 aliphatic heterocycles. The molecule has 1 aromatic carbocycles. The Morgan fingerprint density at radius 1 is 1.29 bits per heavy atom. The molecule has 0 amide bonds. The minimum absolute atomic E-state index is 0.0427. The van der Waals surface area contributed by atoms with Gasteiger partial charge in [0.05, 0.1) is 10.9 Å². The van der Waals surface area contributed by atoms with E-state index < -0.39 is 0 Å². The van der Waals surface area contributed by atoms with Crippen LogP contribution in [0.1, 0.15) is 54.7 Å². The summed E-state index contributed by atoms with van der Waals surface area (Å²) >= 11 is 0. The summed E-state index contributed by atoms with van der Waals surface area (Å²) in [6.07, 6.45) is 5.28. The zero-order chi connectivity index (χ0) is 17.3. The van der Waals surface area contributed by atoms with Crippen molar-refractivity contribution < 1.29 is 4.79 Å². The lowest BCUT2D eigenvalue weighted by Gasteiger charge is -2.07. The van der Waals surface area contributed by atoms with Crippen LogP contribution in [0.4, 0.5) is 5.82 Å². The van der Waals surface area contributed by atoms with Crippen LogP contribution in [-0.4, -0.2) is 20.3 Å². The van der Waals surface area contributed by atoms with Crippen molar-refractivity contribution in [2.75, 3.05) is 5.73 Å². The molecule has 0 saturated carbocycles. The first-order valence-electron chi connectivity index (χ1n) is 8.27. The minimum Gasteiger partial charge on any atom is -0.383 e. The van der Waals surface area contributed by atoms with Gasteiger partial charge in [-0.25, -0.2) is 9.97 Å². The number of ketones is 1. The van der Waals surface area contributed by atoms with Crippen molar-refractivity contribution in [1.29, 1.82) is 0 Å². The third kappa shape index (κ3) is 2.77. The second-order valence-corrected chi connectivity index (χ2v) is 6.28. The van der Waals surface area contributed by atoms with Crippen LogP contribution in [0.25, 0.3) is 11.0 Å². The van der Waals surface area contributed by atoms with Gasteiger partial charge in [0, 0.05) is 17.8 Å². The highest BCUT2D eigenvalue weighted by Gasteiger charge is 2.21. The Kier molecular flexibility index (Phi) is 4.34. The van der Waals surface area contributed by atoms with E-state index in [9.17, 15) is 4.79 Å². The van der Waals surface area contributed by atoms with Crippen molar-refractivity contribution >= 4 is 22.6 Å². The molecule has 0 spiro atoms. The molecule has 2 N–H and O–H groups in total. The van der Waals surface area contributed by atoms with Crippen molar-refractivity contribution in [2.45, 2.75) is 39.7 Å². The fourth-order valence-electron chi connectivity index (χ4n) is 2.99. The molecule has 3 rings (SSSR count). The highest BCUT2D eigenvalue weighted by Crippen LogP contribution is 2.28. The molecule has 124 valence electrons. The van der Waals surface area contributed by atoms with Gasteiger partial charge in [-0.15, -0.1) is 0 Å². The molecule has 2 heterocycles. The maximum absolute atomic E-state index is 13.1. The maximum Gasteiger partial charge on any atom is 0.195 e. The quantitative estimate of drug-likeness (QED) is 0.725. The monoisotopic (exact) mass is 322 g/mol. The van der Waals surface area contributed by atoms with Crippen LogP contribution in [0.2, 0.25) is 0 Å². The lowest BCUT2D eigenvalue weighted by Crippen LogP contribution is -2.03. The third-order valence-electron chi connectivity index (χ3n) is 4.17. The Labute approximate surface area is 141 Å². The van der Waals surface area contributed by atoms with Crippen molar-refractivity contribution in [1.82, 2.24) is 14.5 Å². The third-order valence-corrected chi connectivity index (χ3v) is 4.17. The first-order valence-corrected chi connectivity index (χ1v) is 8.27. The largest absolute Gasteiger partial charge is 0.383 e. The number of rotatable bonds is 5. The van der Waals surface area contributed by atoms with Crippen LogP contribution >= 0.6 is 0 Å².